The Hall–Kier alpha value is -2.43. The molecule has 3 rings (SSSR count). The van der Waals surface area contributed by atoms with E-state index in [2.05, 4.69) is 15.3 Å². The van der Waals surface area contributed by atoms with Gasteiger partial charge in [-0.15, -0.1) is 0 Å². The van der Waals surface area contributed by atoms with Gasteiger partial charge in [0.25, 0.3) is 0 Å². The quantitative estimate of drug-likeness (QED) is 0.762. The van der Waals surface area contributed by atoms with Crippen LogP contribution < -0.4 is 5.32 Å². The zero-order valence-electron chi connectivity index (χ0n) is 10.9. The fourth-order valence-corrected chi connectivity index (χ4v) is 2.12. The van der Waals surface area contributed by atoms with Gasteiger partial charge in [-0.1, -0.05) is 0 Å². The van der Waals surface area contributed by atoms with Crippen molar-refractivity contribution in [3.63, 3.8) is 0 Å². The number of H-pyrrole nitrogens is 1. The van der Waals surface area contributed by atoms with Gasteiger partial charge in [0.05, 0.1) is 11.0 Å². The second-order valence-electron chi connectivity index (χ2n) is 4.64. The highest BCUT2D eigenvalue weighted by molar-refractivity contribution is 5.79. The molecule has 2 N–H and O–H groups in total. The molecule has 0 fully saturated rings. The fourth-order valence-electron chi connectivity index (χ4n) is 2.12. The van der Waals surface area contributed by atoms with E-state index in [1.807, 2.05) is 25.1 Å². The van der Waals surface area contributed by atoms with Crippen molar-refractivity contribution in [2.24, 2.45) is 0 Å². The van der Waals surface area contributed by atoms with Crippen LogP contribution in [0.25, 0.3) is 11.0 Å². The summed E-state index contributed by atoms with van der Waals surface area (Å²) in [5.74, 6) is -0.0199. The smallest absolute Gasteiger partial charge is 0.128 e. The summed E-state index contributed by atoms with van der Waals surface area (Å²) in [6.45, 7) is 2.11. The van der Waals surface area contributed by atoms with Crippen LogP contribution in [0.3, 0.4) is 0 Å². The summed E-state index contributed by atoms with van der Waals surface area (Å²) in [7, 11) is 0. The van der Waals surface area contributed by atoms with Crippen LogP contribution in [0.4, 0.5) is 14.5 Å². The lowest BCUT2D eigenvalue weighted by Crippen LogP contribution is -2.02. The van der Waals surface area contributed by atoms with E-state index >= 15 is 0 Å². The molecule has 0 amide bonds. The SMILES string of the molecule is Cc1nc2ccc(NCc3cc(F)ccc3F)cc2[nH]1. The first kappa shape index (κ1) is 12.6. The van der Waals surface area contributed by atoms with Gasteiger partial charge in [0.2, 0.25) is 0 Å². The monoisotopic (exact) mass is 273 g/mol. The van der Waals surface area contributed by atoms with Gasteiger partial charge >= 0.3 is 0 Å². The Morgan fingerprint density at radius 3 is 2.85 bits per heavy atom. The number of nitrogens with one attached hydrogen (secondary N) is 2. The van der Waals surface area contributed by atoms with Crippen molar-refractivity contribution in [1.82, 2.24) is 9.97 Å². The highest BCUT2D eigenvalue weighted by atomic mass is 19.1. The lowest BCUT2D eigenvalue weighted by Gasteiger charge is -2.07. The Balaban J connectivity index is 1.80. The van der Waals surface area contributed by atoms with Gasteiger partial charge in [-0.25, -0.2) is 13.8 Å². The zero-order chi connectivity index (χ0) is 14.1. The van der Waals surface area contributed by atoms with E-state index in [-0.39, 0.29) is 6.54 Å². The molecule has 3 nitrogen and oxygen atoms in total. The second kappa shape index (κ2) is 4.92. The van der Waals surface area contributed by atoms with Crippen molar-refractivity contribution in [2.75, 3.05) is 5.32 Å². The number of nitrogens with zero attached hydrogens (tertiary/aromatic N) is 1. The van der Waals surface area contributed by atoms with Gasteiger partial charge in [-0.3, -0.25) is 0 Å². The molecule has 20 heavy (non-hydrogen) atoms. The number of halogens is 2. The normalized spacial score (nSPS) is 10.9. The lowest BCUT2D eigenvalue weighted by atomic mass is 10.2. The minimum Gasteiger partial charge on any atom is -0.381 e. The van der Waals surface area contributed by atoms with Crippen LogP contribution in [0, 0.1) is 18.6 Å². The van der Waals surface area contributed by atoms with Crippen LogP contribution in [0.15, 0.2) is 36.4 Å². The van der Waals surface area contributed by atoms with Crippen LogP contribution >= 0.6 is 0 Å². The molecule has 2 aromatic carbocycles. The minimum atomic E-state index is -0.442. The molecule has 0 radical (unpaired) electrons. The van der Waals surface area contributed by atoms with E-state index < -0.39 is 11.6 Å². The number of benzene rings is 2. The van der Waals surface area contributed by atoms with Gasteiger partial charge in [-0.2, -0.15) is 0 Å². The number of anilines is 1. The number of imidazole rings is 1. The van der Waals surface area contributed by atoms with Crippen molar-refractivity contribution >= 4 is 16.7 Å². The van der Waals surface area contributed by atoms with E-state index in [0.717, 1.165) is 34.7 Å². The maximum Gasteiger partial charge on any atom is 0.128 e. The molecular weight excluding hydrogens is 260 g/mol. The Labute approximate surface area is 114 Å². The predicted molar refractivity (Wildman–Crippen MR) is 74.5 cm³/mol. The molecule has 1 heterocycles. The first-order valence-corrected chi connectivity index (χ1v) is 6.26. The molecule has 1 aromatic heterocycles. The summed E-state index contributed by atoms with van der Waals surface area (Å²) in [6.07, 6.45) is 0. The number of hydrogen-bond acceptors (Lipinski definition) is 2. The highest BCUT2D eigenvalue weighted by Crippen LogP contribution is 2.18. The maximum absolute atomic E-state index is 13.5. The van der Waals surface area contributed by atoms with Crippen LogP contribution in [0.5, 0.6) is 0 Å². The lowest BCUT2D eigenvalue weighted by molar-refractivity contribution is 0.587. The Kier molecular flexibility index (Phi) is 3.10. The number of fused-ring (bicyclic) bond motifs is 1. The molecule has 0 bridgehead atoms. The zero-order valence-corrected chi connectivity index (χ0v) is 10.9. The standard InChI is InChI=1S/C15H13F2N3/c1-9-19-14-5-3-12(7-15(14)20-9)18-8-10-6-11(16)2-4-13(10)17/h2-7,18H,8H2,1H3,(H,19,20). The third kappa shape index (κ3) is 2.47. The molecule has 0 aliphatic heterocycles. The Morgan fingerprint density at radius 2 is 2.00 bits per heavy atom. The summed E-state index contributed by atoms with van der Waals surface area (Å²) in [6, 6.07) is 9.07. The molecule has 0 spiro atoms. The van der Waals surface area contributed by atoms with E-state index in [1.54, 1.807) is 0 Å². The Morgan fingerprint density at radius 1 is 1.15 bits per heavy atom. The molecule has 0 aliphatic rings. The molecule has 0 saturated heterocycles. The van der Waals surface area contributed by atoms with Crippen LogP contribution in [-0.4, -0.2) is 9.97 Å². The van der Waals surface area contributed by atoms with E-state index in [0.29, 0.717) is 5.56 Å². The van der Waals surface area contributed by atoms with E-state index in [1.165, 1.54) is 6.07 Å². The third-order valence-corrected chi connectivity index (χ3v) is 3.09. The molecule has 102 valence electrons. The van der Waals surface area contributed by atoms with Crippen LogP contribution in [0.2, 0.25) is 0 Å². The average Bonchev–Trinajstić information content (AvgIpc) is 2.79. The number of hydrogen-bond donors (Lipinski definition) is 2. The first-order chi connectivity index (χ1) is 9.61. The summed E-state index contributed by atoms with van der Waals surface area (Å²) >= 11 is 0. The van der Waals surface area contributed by atoms with Crippen molar-refractivity contribution in [1.29, 1.82) is 0 Å². The molecule has 5 heteroatoms. The van der Waals surface area contributed by atoms with Gasteiger partial charge in [0.15, 0.2) is 0 Å². The highest BCUT2D eigenvalue weighted by Gasteiger charge is 2.05. The predicted octanol–water partition coefficient (Wildman–Crippen LogP) is 3.76. The van der Waals surface area contributed by atoms with Crippen molar-refractivity contribution in [3.05, 3.63) is 59.4 Å². The maximum atomic E-state index is 13.5. The molecule has 3 aromatic rings. The van der Waals surface area contributed by atoms with Gasteiger partial charge < -0.3 is 10.3 Å². The molecule has 0 aliphatic carbocycles. The van der Waals surface area contributed by atoms with E-state index in [9.17, 15) is 8.78 Å². The number of aromatic nitrogens is 2. The summed E-state index contributed by atoms with van der Waals surface area (Å²) in [4.78, 5) is 7.44. The number of rotatable bonds is 3. The van der Waals surface area contributed by atoms with Gasteiger partial charge in [0, 0.05) is 17.8 Å². The minimum absolute atomic E-state index is 0.224. The largest absolute Gasteiger partial charge is 0.381 e. The van der Waals surface area contributed by atoms with Crippen molar-refractivity contribution < 1.29 is 8.78 Å². The fraction of sp³-hybridized carbons (Fsp3) is 0.133. The number of aromatic amines is 1. The summed E-state index contributed by atoms with van der Waals surface area (Å²) in [5, 5.41) is 3.08. The van der Waals surface area contributed by atoms with Crippen LogP contribution in [0.1, 0.15) is 11.4 Å². The Bertz CT molecular complexity index is 765. The van der Waals surface area contributed by atoms with Gasteiger partial charge in [0.1, 0.15) is 17.5 Å². The van der Waals surface area contributed by atoms with Crippen molar-refractivity contribution in [3.8, 4) is 0 Å². The first-order valence-electron chi connectivity index (χ1n) is 6.26. The van der Waals surface area contributed by atoms with Crippen molar-refractivity contribution in [2.45, 2.75) is 13.5 Å². The van der Waals surface area contributed by atoms with E-state index in [4.69, 9.17) is 0 Å². The summed E-state index contributed by atoms with van der Waals surface area (Å²) in [5.41, 5.74) is 2.91. The molecular formula is C15H13F2N3. The van der Waals surface area contributed by atoms with Crippen LogP contribution in [-0.2, 0) is 6.54 Å². The summed E-state index contributed by atoms with van der Waals surface area (Å²) < 4.78 is 26.6. The molecule has 0 atom stereocenters. The third-order valence-electron chi connectivity index (χ3n) is 3.09. The second-order valence-corrected chi connectivity index (χ2v) is 4.64. The average molecular weight is 273 g/mol. The molecule has 0 unspecified atom stereocenters. The van der Waals surface area contributed by atoms with Gasteiger partial charge in [-0.05, 0) is 43.3 Å². The molecule has 0 saturated carbocycles. The topological polar surface area (TPSA) is 40.7 Å². The number of aryl methyl sites for hydroxylation is 1.